The fourth-order valence-corrected chi connectivity index (χ4v) is 2.16. The maximum atomic E-state index is 4.33. The van der Waals surface area contributed by atoms with Crippen LogP contribution in [0.3, 0.4) is 0 Å². The van der Waals surface area contributed by atoms with Crippen LogP contribution in [0.2, 0.25) is 0 Å². The molecule has 1 aromatic rings. The number of halogens is 1. The molecular weight excluding hydrogens is 252 g/mol. The smallest absolute Gasteiger partial charge is 0.0309 e. The van der Waals surface area contributed by atoms with Crippen molar-refractivity contribution in [1.82, 2.24) is 0 Å². The molecule has 0 heterocycles. The van der Waals surface area contributed by atoms with Gasteiger partial charge >= 0.3 is 0 Å². The van der Waals surface area contributed by atoms with Crippen LogP contribution in [0.25, 0.3) is 0 Å². The fourth-order valence-electron chi connectivity index (χ4n) is 0.802. The predicted octanol–water partition coefficient (Wildman–Crippen LogP) is 4.24. The largest absolute Gasteiger partial charge is 0.142 e. The summed E-state index contributed by atoms with van der Waals surface area (Å²) in [7, 11) is 0. The molecule has 0 unspecified atom stereocenters. The fraction of sp³-hybridized carbons (Fsp3) is 0.333. The first-order valence-electron chi connectivity index (χ1n) is 3.85. The summed E-state index contributed by atoms with van der Waals surface area (Å²) in [5, 5.41) is 0. The summed E-state index contributed by atoms with van der Waals surface area (Å²) in [5.74, 6) is 1.18. The van der Waals surface area contributed by atoms with E-state index in [1.807, 2.05) is 17.8 Å². The second-order valence-electron chi connectivity index (χ2n) is 2.46. The van der Waals surface area contributed by atoms with E-state index in [-0.39, 0.29) is 0 Å². The van der Waals surface area contributed by atoms with Crippen LogP contribution in [0.15, 0.2) is 32.5 Å². The summed E-state index contributed by atoms with van der Waals surface area (Å²) < 4.78 is 1.06. The molecule has 0 aromatic heterocycles. The van der Waals surface area contributed by atoms with Gasteiger partial charge in [0.05, 0.1) is 0 Å². The number of thioether (sulfide) groups is 1. The lowest BCUT2D eigenvalue weighted by atomic mass is 10.4. The molecule has 3 heteroatoms. The first-order chi connectivity index (χ1) is 5.74. The molecule has 0 fully saturated rings. The van der Waals surface area contributed by atoms with Crippen molar-refractivity contribution in [2.24, 2.45) is 0 Å². The molecule has 0 aliphatic carbocycles. The third-order valence-electron chi connectivity index (χ3n) is 1.39. The van der Waals surface area contributed by atoms with E-state index >= 15 is 0 Å². The zero-order valence-corrected chi connectivity index (χ0v) is 10.2. The van der Waals surface area contributed by atoms with E-state index < -0.39 is 0 Å². The molecule has 1 rings (SSSR count). The topological polar surface area (TPSA) is 0 Å². The Hall–Kier alpha value is 0.400. The molecule has 0 nitrogen and oxygen atoms in total. The van der Waals surface area contributed by atoms with Crippen molar-refractivity contribution in [2.75, 3.05) is 5.75 Å². The Labute approximate surface area is 91.7 Å². The third kappa shape index (κ3) is 3.04. The molecule has 0 saturated carbocycles. The van der Waals surface area contributed by atoms with Crippen LogP contribution >= 0.6 is 40.3 Å². The SMILES string of the molecule is CCCSc1ccc(Br)c(S)c1. The molecule has 0 N–H and O–H groups in total. The normalized spacial score (nSPS) is 10.2. The van der Waals surface area contributed by atoms with Crippen LogP contribution < -0.4 is 0 Å². The Balaban J connectivity index is 2.69. The summed E-state index contributed by atoms with van der Waals surface area (Å²) in [6, 6.07) is 6.25. The van der Waals surface area contributed by atoms with E-state index in [1.54, 1.807) is 0 Å². The van der Waals surface area contributed by atoms with Gasteiger partial charge in [-0.2, -0.15) is 0 Å². The van der Waals surface area contributed by atoms with Gasteiger partial charge in [-0.25, -0.2) is 0 Å². The van der Waals surface area contributed by atoms with Crippen molar-refractivity contribution < 1.29 is 0 Å². The number of hydrogen-bond donors (Lipinski definition) is 1. The summed E-state index contributed by atoms with van der Waals surface area (Å²) in [6.45, 7) is 2.19. The molecule has 0 spiro atoms. The van der Waals surface area contributed by atoms with Crippen LogP contribution in [0.4, 0.5) is 0 Å². The Morgan fingerprint density at radius 2 is 2.25 bits per heavy atom. The maximum Gasteiger partial charge on any atom is 0.0309 e. The minimum atomic E-state index is 1.01. The summed E-state index contributed by atoms with van der Waals surface area (Å²) in [4.78, 5) is 2.31. The van der Waals surface area contributed by atoms with Crippen molar-refractivity contribution in [3.63, 3.8) is 0 Å². The standard InChI is InChI=1S/C9H11BrS2/c1-2-5-12-7-3-4-8(10)9(11)6-7/h3-4,6,11H,2,5H2,1H3. The van der Waals surface area contributed by atoms with Crippen molar-refractivity contribution in [3.05, 3.63) is 22.7 Å². The van der Waals surface area contributed by atoms with Crippen LogP contribution in [0, 0.1) is 0 Å². The molecule has 1 aromatic carbocycles. The van der Waals surface area contributed by atoms with Gasteiger partial charge in [-0.05, 0) is 46.3 Å². The molecule has 0 amide bonds. The van der Waals surface area contributed by atoms with Crippen molar-refractivity contribution in [3.8, 4) is 0 Å². The molecule has 12 heavy (non-hydrogen) atoms. The van der Waals surface area contributed by atoms with Crippen molar-refractivity contribution in [2.45, 2.75) is 23.1 Å². The van der Waals surface area contributed by atoms with E-state index in [2.05, 4.69) is 47.6 Å². The molecule has 0 aliphatic heterocycles. The Kier molecular flexibility index (Phi) is 4.54. The summed E-state index contributed by atoms with van der Waals surface area (Å²) in [6.07, 6.45) is 1.21. The molecule has 0 aliphatic rings. The number of benzene rings is 1. The zero-order chi connectivity index (χ0) is 8.97. The van der Waals surface area contributed by atoms with Crippen LogP contribution in [0.5, 0.6) is 0 Å². The first kappa shape index (κ1) is 10.5. The van der Waals surface area contributed by atoms with E-state index in [0.717, 1.165) is 9.37 Å². The second-order valence-corrected chi connectivity index (χ2v) is 4.97. The van der Waals surface area contributed by atoms with Crippen LogP contribution in [-0.4, -0.2) is 5.75 Å². The third-order valence-corrected chi connectivity index (χ3v) is 3.96. The maximum absolute atomic E-state index is 4.33. The molecule has 0 saturated heterocycles. The number of thiol groups is 1. The first-order valence-corrected chi connectivity index (χ1v) is 6.08. The van der Waals surface area contributed by atoms with Gasteiger partial charge < -0.3 is 0 Å². The van der Waals surface area contributed by atoms with Gasteiger partial charge in [0.1, 0.15) is 0 Å². The second kappa shape index (κ2) is 5.20. The predicted molar refractivity (Wildman–Crippen MR) is 62.4 cm³/mol. The Morgan fingerprint density at radius 3 is 2.83 bits per heavy atom. The molecule has 66 valence electrons. The molecular formula is C9H11BrS2. The lowest BCUT2D eigenvalue weighted by Gasteiger charge is -2.01. The minimum Gasteiger partial charge on any atom is -0.142 e. The van der Waals surface area contributed by atoms with E-state index in [9.17, 15) is 0 Å². The highest BCUT2D eigenvalue weighted by Crippen LogP contribution is 2.27. The lowest BCUT2D eigenvalue weighted by Crippen LogP contribution is -1.77. The summed E-state index contributed by atoms with van der Waals surface area (Å²) >= 11 is 9.61. The van der Waals surface area contributed by atoms with Crippen molar-refractivity contribution in [1.29, 1.82) is 0 Å². The molecule has 0 atom stereocenters. The van der Waals surface area contributed by atoms with Gasteiger partial charge in [0, 0.05) is 14.3 Å². The summed E-state index contributed by atoms with van der Waals surface area (Å²) in [5.41, 5.74) is 0. The quantitative estimate of drug-likeness (QED) is 0.628. The van der Waals surface area contributed by atoms with E-state index in [1.165, 1.54) is 17.1 Å². The minimum absolute atomic E-state index is 1.01. The molecule has 0 radical (unpaired) electrons. The highest BCUT2D eigenvalue weighted by molar-refractivity contribution is 9.10. The number of rotatable bonds is 3. The van der Waals surface area contributed by atoms with Crippen LogP contribution in [-0.2, 0) is 0 Å². The Bertz CT molecular complexity index is 261. The monoisotopic (exact) mass is 262 g/mol. The number of hydrogen-bond acceptors (Lipinski definition) is 2. The van der Waals surface area contributed by atoms with Gasteiger partial charge in [-0.1, -0.05) is 6.92 Å². The van der Waals surface area contributed by atoms with E-state index in [4.69, 9.17) is 0 Å². The van der Waals surface area contributed by atoms with Gasteiger partial charge in [-0.15, -0.1) is 24.4 Å². The average Bonchev–Trinajstić information content (AvgIpc) is 2.07. The van der Waals surface area contributed by atoms with Gasteiger partial charge in [0.25, 0.3) is 0 Å². The average molecular weight is 263 g/mol. The van der Waals surface area contributed by atoms with Gasteiger partial charge in [-0.3, -0.25) is 0 Å². The van der Waals surface area contributed by atoms with Crippen LogP contribution in [0.1, 0.15) is 13.3 Å². The van der Waals surface area contributed by atoms with Crippen molar-refractivity contribution >= 4 is 40.3 Å². The Morgan fingerprint density at radius 1 is 1.50 bits per heavy atom. The highest BCUT2D eigenvalue weighted by Gasteiger charge is 1.97. The highest BCUT2D eigenvalue weighted by atomic mass is 79.9. The van der Waals surface area contributed by atoms with Gasteiger partial charge in [0.2, 0.25) is 0 Å². The lowest BCUT2D eigenvalue weighted by molar-refractivity contribution is 1.10. The zero-order valence-electron chi connectivity index (χ0n) is 6.88. The van der Waals surface area contributed by atoms with Gasteiger partial charge in [0.15, 0.2) is 0 Å². The van der Waals surface area contributed by atoms with E-state index in [0.29, 0.717) is 0 Å². The molecule has 0 bridgehead atoms.